The van der Waals surface area contributed by atoms with Crippen molar-refractivity contribution in [1.29, 1.82) is 0 Å². The predicted molar refractivity (Wildman–Crippen MR) is 76.8 cm³/mol. The van der Waals surface area contributed by atoms with Gasteiger partial charge in [-0.05, 0) is 24.3 Å². The fourth-order valence-corrected chi connectivity index (χ4v) is 1.94. The smallest absolute Gasteiger partial charge is 0.259 e. The highest BCUT2D eigenvalue weighted by molar-refractivity contribution is 6.35. The topological polar surface area (TPSA) is 64.3 Å². The molecule has 0 aliphatic rings. The van der Waals surface area contributed by atoms with Crippen LogP contribution in [-0.2, 0) is 0 Å². The number of hydrogen-bond donors (Lipinski definition) is 2. The van der Waals surface area contributed by atoms with Crippen molar-refractivity contribution in [3.05, 3.63) is 53.1 Å². The van der Waals surface area contributed by atoms with Gasteiger partial charge in [0.2, 0.25) is 0 Å². The molecule has 0 heterocycles. The third-order valence-electron chi connectivity index (χ3n) is 2.60. The summed E-state index contributed by atoms with van der Waals surface area (Å²) < 4.78 is 5.09. The van der Waals surface area contributed by atoms with E-state index in [4.69, 9.17) is 22.1 Å². The van der Waals surface area contributed by atoms with Crippen molar-refractivity contribution in [1.82, 2.24) is 0 Å². The number of nitrogen functional groups attached to an aromatic ring is 1. The van der Waals surface area contributed by atoms with E-state index in [1.165, 1.54) is 0 Å². The van der Waals surface area contributed by atoms with Crippen LogP contribution in [0.5, 0.6) is 5.75 Å². The van der Waals surface area contributed by atoms with Crippen LogP contribution in [0.1, 0.15) is 10.4 Å². The van der Waals surface area contributed by atoms with Crippen molar-refractivity contribution in [3.8, 4) is 5.75 Å². The van der Waals surface area contributed by atoms with Crippen LogP contribution in [0, 0.1) is 0 Å². The normalized spacial score (nSPS) is 10.0. The van der Waals surface area contributed by atoms with E-state index in [0.29, 0.717) is 22.1 Å². The third-order valence-corrected chi connectivity index (χ3v) is 2.92. The number of carbonyl (C=O) groups is 1. The van der Waals surface area contributed by atoms with Crippen molar-refractivity contribution in [2.24, 2.45) is 0 Å². The second-order valence-corrected chi connectivity index (χ2v) is 4.30. The number of halogens is 1. The molecular formula is C14H13ClN2O2. The Hall–Kier alpha value is -2.20. The first-order chi connectivity index (χ1) is 9.11. The summed E-state index contributed by atoms with van der Waals surface area (Å²) in [6.45, 7) is 0. The van der Waals surface area contributed by atoms with Crippen LogP contribution in [0.15, 0.2) is 42.5 Å². The molecule has 2 aromatic rings. The second-order valence-electron chi connectivity index (χ2n) is 3.89. The van der Waals surface area contributed by atoms with E-state index in [0.717, 1.165) is 0 Å². The summed E-state index contributed by atoms with van der Waals surface area (Å²) in [4.78, 5) is 12.1. The van der Waals surface area contributed by atoms with Gasteiger partial charge in [-0.2, -0.15) is 0 Å². The van der Waals surface area contributed by atoms with Crippen LogP contribution in [0.4, 0.5) is 11.4 Å². The van der Waals surface area contributed by atoms with E-state index in [-0.39, 0.29) is 11.5 Å². The molecule has 3 N–H and O–H groups in total. The van der Waals surface area contributed by atoms with Gasteiger partial charge in [-0.1, -0.05) is 23.7 Å². The zero-order valence-electron chi connectivity index (χ0n) is 10.3. The van der Waals surface area contributed by atoms with Crippen molar-refractivity contribution < 1.29 is 9.53 Å². The SMILES string of the molecule is COc1cccc(NC(=O)c2c(N)cccc2Cl)c1. The van der Waals surface area contributed by atoms with Gasteiger partial charge in [0.25, 0.3) is 5.91 Å². The van der Waals surface area contributed by atoms with E-state index in [2.05, 4.69) is 5.32 Å². The standard InChI is InChI=1S/C14H13ClN2O2/c1-19-10-5-2-4-9(8-10)17-14(18)13-11(15)6-3-7-12(13)16/h2-8H,16H2,1H3,(H,17,18). The number of anilines is 2. The van der Waals surface area contributed by atoms with Gasteiger partial charge < -0.3 is 15.8 Å². The molecule has 5 heteroatoms. The molecule has 0 aliphatic carbocycles. The van der Waals surface area contributed by atoms with Gasteiger partial charge >= 0.3 is 0 Å². The minimum Gasteiger partial charge on any atom is -0.497 e. The molecule has 19 heavy (non-hydrogen) atoms. The lowest BCUT2D eigenvalue weighted by molar-refractivity contribution is 0.102. The summed E-state index contributed by atoms with van der Waals surface area (Å²) in [5, 5.41) is 3.05. The number of benzene rings is 2. The highest BCUT2D eigenvalue weighted by Gasteiger charge is 2.14. The van der Waals surface area contributed by atoms with Gasteiger partial charge in [0.05, 0.1) is 17.7 Å². The number of nitrogens with one attached hydrogen (secondary N) is 1. The molecule has 2 rings (SSSR count). The van der Waals surface area contributed by atoms with E-state index < -0.39 is 0 Å². The molecular weight excluding hydrogens is 264 g/mol. The van der Waals surface area contributed by atoms with Crippen LogP contribution >= 0.6 is 11.6 Å². The highest BCUT2D eigenvalue weighted by Crippen LogP contribution is 2.24. The predicted octanol–water partition coefficient (Wildman–Crippen LogP) is 3.18. The summed E-state index contributed by atoms with van der Waals surface area (Å²) in [6.07, 6.45) is 0. The first kappa shape index (κ1) is 13.2. The zero-order chi connectivity index (χ0) is 13.8. The summed E-state index contributed by atoms with van der Waals surface area (Å²) in [5.74, 6) is 0.307. The maximum atomic E-state index is 12.1. The zero-order valence-corrected chi connectivity index (χ0v) is 11.1. The maximum absolute atomic E-state index is 12.1. The third kappa shape index (κ3) is 2.98. The Morgan fingerprint density at radius 2 is 2.00 bits per heavy atom. The summed E-state index contributed by atoms with van der Waals surface area (Å²) in [7, 11) is 1.56. The Balaban J connectivity index is 2.26. The number of amides is 1. The van der Waals surface area contributed by atoms with Gasteiger partial charge in [0.15, 0.2) is 0 Å². The number of carbonyl (C=O) groups excluding carboxylic acids is 1. The molecule has 0 unspecified atom stereocenters. The fraction of sp³-hybridized carbons (Fsp3) is 0.0714. The van der Waals surface area contributed by atoms with Gasteiger partial charge in [-0.15, -0.1) is 0 Å². The molecule has 0 bridgehead atoms. The van der Waals surface area contributed by atoms with Crippen LogP contribution in [0.2, 0.25) is 5.02 Å². The minimum absolute atomic E-state index is 0.270. The monoisotopic (exact) mass is 276 g/mol. The number of nitrogens with two attached hydrogens (primary N) is 1. The van der Waals surface area contributed by atoms with Gasteiger partial charge in [-0.3, -0.25) is 4.79 Å². The van der Waals surface area contributed by atoms with Crippen LogP contribution < -0.4 is 15.8 Å². The minimum atomic E-state index is -0.351. The van der Waals surface area contributed by atoms with Crippen LogP contribution in [-0.4, -0.2) is 13.0 Å². The van der Waals surface area contributed by atoms with Crippen LogP contribution in [0.3, 0.4) is 0 Å². The molecule has 0 aliphatic heterocycles. The van der Waals surface area contributed by atoms with Crippen molar-refractivity contribution in [3.63, 3.8) is 0 Å². The van der Waals surface area contributed by atoms with Crippen molar-refractivity contribution in [2.75, 3.05) is 18.2 Å². The summed E-state index contributed by atoms with van der Waals surface area (Å²) in [6, 6.07) is 12.0. The molecule has 0 saturated heterocycles. The average molecular weight is 277 g/mol. The summed E-state index contributed by atoms with van der Waals surface area (Å²) >= 11 is 5.98. The second kappa shape index (κ2) is 5.63. The molecule has 0 radical (unpaired) electrons. The lowest BCUT2D eigenvalue weighted by Gasteiger charge is -2.10. The van der Waals surface area contributed by atoms with E-state index in [1.807, 2.05) is 0 Å². The molecule has 0 atom stereocenters. The van der Waals surface area contributed by atoms with E-state index >= 15 is 0 Å². The quantitative estimate of drug-likeness (QED) is 0.846. The Morgan fingerprint density at radius 1 is 1.26 bits per heavy atom. The lowest BCUT2D eigenvalue weighted by atomic mass is 10.1. The number of hydrogen-bond acceptors (Lipinski definition) is 3. The number of ether oxygens (including phenoxy) is 1. The average Bonchev–Trinajstić information content (AvgIpc) is 2.38. The largest absolute Gasteiger partial charge is 0.497 e. The first-order valence-corrected chi connectivity index (χ1v) is 5.99. The molecule has 1 amide bonds. The molecule has 98 valence electrons. The van der Waals surface area contributed by atoms with Gasteiger partial charge in [0.1, 0.15) is 5.75 Å². The van der Waals surface area contributed by atoms with Gasteiger partial charge in [-0.25, -0.2) is 0 Å². The van der Waals surface area contributed by atoms with E-state index in [1.54, 1.807) is 49.6 Å². The Kier molecular flexibility index (Phi) is 3.92. The molecule has 0 saturated carbocycles. The van der Waals surface area contributed by atoms with Gasteiger partial charge in [0, 0.05) is 17.4 Å². The molecule has 4 nitrogen and oxygen atoms in total. The number of rotatable bonds is 3. The first-order valence-electron chi connectivity index (χ1n) is 5.61. The maximum Gasteiger partial charge on any atom is 0.259 e. The summed E-state index contributed by atoms with van der Waals surface area (Å²) in [5.41, 5.74) is 6.99. The molecule has 0 spiro atoms. The lowest BCUT2D eigenvalue weighted by Crippen LogP contribution is -2.14. The highest BCUT2D eigenvalue weighted by atomic mass is 35.5. The van der Waals surface area contributed by atoms with Crippen molar-refractivity contribution in [2.45, 2.75) is 0 Å². The molecule has 0 aromatic heterocycles. The fourth-order valence-electron chi connectivity index (χ4n) is 1.67. The van der Waals surface area contributed by atoms with Crippen LogP contribution in [0.25, 0.3) is 0 Å². The molecule has 0 fully saturated rings. The number of methoxy groups -OCH3 is 1. The van der Waals surface area contributed by atoms with Crippen molar-refractivity contribution >= 4 is 28.9 Å². The van der Waals surface area contributed by atoms with E-state index in [9.17, 15) is 4.79 Å². The Bertz CT molecular complexity index is 594. The Labute approximate surface area is 116 Å². The Morgan fingerprint density at radius 3 is 2.68 bits per heavy atom. The molecule has 2 aromatic carbocycles.